The molecule has 0 amide bonds. The van der Waals surface area contributed by atoms with Crippen LogP contribution in [0, 0.1) is 0 Å². The van der Waals surface area contributed by atoms with Crippen LogP contribution in [0.5, 0.6) is 0 Å². The SMILES string of the molecule is OOB(OO)OO.[NaH]. The summed E-state index contributed by atoms with van der Waals surface area (Å²) in [7, 11) is -1.85. The van der Waals surface area contributed by atoms with E-state index in [4.69, 9.17) is 15.8 Å². The Morgan fingerprint density at radius 1 is 0.875 bits per heavy atom. The fourth-order valence-corrected chi connectivity index (χ4v) is 0.0577. The first kappa shape index (κ1) is 11.6. The zero-order chi connectivity index (χ0) is 5.70. The average molecular weight is 134 g/mol. The minimum atomic E-state index is -1.85. The summed E-state index contributed by atoms with van der Waals surface area (Å²) in [6.45, 7) is 0. The Kier molecular flexibility index (Phi) is 11.3. The second kappa shape index (κ2) is 7.82. The standard InChI is InChI=1S/BH3O6.Na.H/c2-5-1(6-3)7-4;;/h2-4H;;. The minimum absolute atomic E-state index is 0. The molecule has 0 spiro atoms. The van der Waals surface area contributed by atoms with Gasteiger partial charge < -0.3 is 0 Å². The molecule has 0 aromatic rings. The topological polar surface area (TPSA) is 88.4 Å². The molecule has 44 valence electrons. The molecule has 0 aliphatic carbocycles. The molecular formula is H4BNaO6. The van der Waals surface area contributed by atoms with E-state index >= 15 is 0 Å². The van der Waals surface area contributed by atoms with Crippen molar-refractivity contribution in [3.8, 4) is 0 Å². The van der Waals surface area contributed by atoms with E-state index in [-0.39, 0.29) is 29.6 Å². The summed E-state index contributed by atoms with van der Waals surface area (Å²) in [5.41, 5.74) is 0. The van der Waals surface area contributed by atoms with Gasteiger partial charge in [-0.15, -0.1) is 0 Å². The Labute approximate surface area is 67.2 Å². The summed E-state index contributed by atoms with van der Waals surface area (Å²) >= 11 is 0. The number of hydrogen-bond acceptors (Lipinski definition) is 6. The van der Waals surface area contributed by atoms with E-state index in [9.17, 15) is 0 Å². The van der Waals surface area contributed by atoms with E-state index in [2.05, 4.69) is 14.4 Å². The summed E-state index contributed by atoms with van der Waals surface area (Å²) in [6, 6.07) is 0. The molecule has 8 heteroatoms. The average Bonchev–Trinajstić information content (AvgIpc) is 1.72. The zero-order valence-electron chi connectivity index (χ0n) is 3.14. The van der Waals surface area contributed by atoms with Crippen molar-refractivity contribution in [3.05, 3.63) is 0 Å². The van der Waals surface area contributed by atoms with Gasteiger partial charge in [-0.1, -0.05) is 0 Å². The third-order valence-corrected chi connectivity index (χ3v) is 0.258. The van der Waals surface area contributed by atoms with Crippen LogP contribution in [0.15, 0.2) is 0 Å². The quantitative estimate of drug-likeness (QED) is 0.255. The molecule has 0 radical (unpaired) electrons. The van der Waals surface area contributed by atoms with E-state index in [0.717, 1.165) is 0 Å². The molecule has 8 heavy (non-hydrogen) atoms. The molecule has 0 rings (SSSR count). The summed E-state index contributed by atoms with van der Waals surface area (Å²) in [4.78, 5) is 9.31. The molecule has 0 heterocycles. The van der Waals surface area contributed by atoms with Gasteiger partial charge in [-0.3, -0.25) is 15.8 Å². The first-order valence-corrected chi connectivity index (χ1v) is 1.25. The maximum atomic E-state index is 7.46. The van der Waals surface area contributed by atoms with Gasteiger partial charge in [-0.05, 0) is 0 Å². The van der Waals surface area contributed by atoms with Crippen LogP contribution in [0.3, 0.4) is 0 Å². The monoisotopic (exact) mass is 134 g/mol. The van der Waals surface area contributed by atoms with Crippen molar-refractivity contribution in [2.24, 2.45) is 0 Å². The van der Waals surface area contributed by atoms with E-state index in [1.54, 1.807) is 0 Å². The Morgan fingerprint density at radius 3 is 1.12 bits per heavy atom. The second-order valence-electron chi connectivity index (χ2n) is 0.605. The van der Waals surface area contributed by atoms with E-state index < -0.39 is 7.32 Å². The van der Waals surface area contributed by atoms with Gasteiger partial charge >= 0.3 is 36.9 Å². The predicted molar refractivity (Wildman–Crippen MR) is 24.0 cm³/mol. The molecule has 0 aliphatic rings. The van der Waals surface area contributed by atoms with Crippen molar-refractivity contribution in [2.45, 2.75) is 0 Å². The van der Waals surface area contributed by atoms with Crippen molar-refractivity contribution < 1.29 is 30.2 Å². The third-order valence-electron chi connectivity index (χ3n) is 0.258. The molecule has 0 saturated heterocycles. The molecule has 0 atom stereocenters. The van der Waals surface area contributed by atoms with E-state index in [1.165, 1.54) is 0 Å². The summed E-state index contributed by atoms with van der Waals surface area (Å²) < 4.78 is 0. The normalized spacial score (nSPS) is 7.88. The third kappa shape index (κ3) is 4.97. The predicted octanol–water partition coefficient (Wildman–Crippen LogP) is -1.21. The summed E-state index contributed by atoms with van der Waals surface area (Å²) in [5.74, 6) is 0. The molecule has 0 bridgehead atoms. The number of hydrogen-bond donors (Lipinski definition) is 3. The van der Waals surface area contributed by atoms with Gasteiger partial charge in [0, 0.05) is 0 Å². The molecule has 0 aromatic carbocycles. The Balaban J connectivity index is 0. The van der Waals surface area contributed by atoms with Crippen molar-refractivity contribution >= 4 is 36.9 Å². The van der Waals surface area contributed by atoms with Gasteiger partial charge in [0.2, 0.25) is 0 Å². The van der Waals surface area contributed by atoms with Crippen molar-refractivity contribution in [2.75, 3.05) is 0 Å². The van der Waals surface area contributed by atoms with Gasteiger partial charge in [-0.25, -0.2) is 14.4 Å². The molecular weight excluding hydrogens is 130 g/mol. The van der Waals surface area contributed by atoms with E-state index in [0.29, 0.717) is 0 Å². The summed E-state index contributed by atoms with van der Waals surface area (Å²) in [6.07, 6.45) is 0. The molecule has 0 saturated carbocycles. The molecule has 0 fully saturated rings. The van der Waals surface area contributed by atoms with Crippen LogP contribution < -0.4 is 0 Å². The Bertz CT molecular complexity index is 30.0. The molecule has 0 aliphatic heterocycles. The Morgan fingerprint density at radius 2 is 1.12 bits per heavy atom. The van der Waals surface area contributed by atoms with Crippen LogP contribution in [-0.4, -0.2) is 52.7 Å². The van der Waals surface area contributed by atoms with E-state index in [1.807, 2.05) is 0 Å². The first-order chi connectivity index (χ1) is 3.35. The van der Waals surface area contributed by atoms with Gasteiger partial charge in [0.1, 0.15) is 0 Å². The fourth-order valence-electron chi connectivity index (χ4n) is 0.0577. The first-order valence-electron chi connectivity index (χ1n) is 1.25. The van der Waals surface area contributed by atoms with Gasteiger partial charge in [0.05, 0.1) is 0 Å². The van der Waals surface area contributed by atoms with Crippen molar-refractivity contribution in [1.29, 1.82) is 0 Å². The maximum absolute atomic E-state index is 7.46. The van der Waals surface area contributed by atoms with Crippen molar-refractivity contribution in [1.82, 2.24) is 0 Å². The number of rotatable bonds is 3. The van der Waals surface area contributed by atoms with Gasteiger partial charge in [-0.2, -0.15) is 0 Å². The molecule has 3 N–H and O–H groups in total. The van der Waals surface area contributed by atoms with Crippen LogP contribution in [0.1, 0.15) is 0 Å². The molecule has 0 aromatic heterocycles. The summed E-state index contributed by atoms with van der Waals surface area (Å²) in [5, 5.41) is 22.4. The van der Waals surface area contributed by atoms with Gasteiger partial charge in [0.15, 0.2) is 0 Å². The van der Waals surface area contributed by atoms with Crippen molar-refractivity contribution in [3.63, 3.8) is 0 Å². The van der Waals surface area contributed by atoms with Crippen LogP contribution >= 0.6 is 0 Å². The Hall–Kier alpha value is 0.825. The van der Waals surface area contributed by atoms with Crippen LogP contribution in [-0.2, 0) is 14.4 Å². The zero-order valence-corrected chi connectivity index (χ0v) is 3.14. The van der Waals surface area contributed by atoms with Crippen LogP contribution in [0.4, 0.5) is 0 Å². The molecule has 0 unspecified atom stereocenters. The fraction of sp³-hybridized carbons (Fsp3) is 0. The van der Waals surface area contributed by atoms with Crippen LogP contribution in [0.2, 0.25) is 0 Å². The second-order valence-corrected chi connectivity index (χ2v) is 0.605. The molecule has 6 nitrogen and oxygen atoms in total. The van der Waals surface area contributed by atoms with Crippen LogP contribution in [0.25, 0.3) is 0 Å². The van der Waals surface area contributed by atoms with Gasteiger partial charge in [0.25, 0.3) is 0 Å².